The van der Waals surface area contributed by atoms with Crippen LogP contribution in [-0.2, 0) is 0 Å². The lowest BCUT2D eigenvalue weighted by Crippen LogP contribution is -2.02. The van der Waals surface area contributed by atoms with Crippen molar-refractivity contribution in [3.63, 3.8) is 0 Å². The molecule has 0 radical (unpaired) electrons. The number of phenols is 1. The largest absolute Gasteiger partial charge is 0.508 e. The first-order valence-electron chi connectivity index (χ1n) is 5.22. The third kappa shape index (κ3) is 1.89. The second-order valence-corrected chi connectivity index (χ2v) is 3.96. The van der Waals surface area contributed by atoms with Gasteiger partial charge in [-0.3, -0.25) is 0 Å². The van der Waals surface area contributed by atoms with Gasteiger partial charge in [-0.15, -0.1) is 0 Å². The van der Waals surface area contributed by atoms with Gasteiger partial charge in [-0.25, -0.2) is 4.79 Å². The van der Waals surface area contributed by atoms with E-state index in [1.165, 1.54) is 0 Å². The zero-order valence-corrected chi connectivity index (χ0v) is 9.64. The molecule has 2 aromatic rings. The molecular weight excluding hydrogens is 218 g/mol. The van der Waals surface area contributed by atoms with E-state index in [4.69, 9.17) is 5.11 Å². The number of hydrogen-bond donors (Lipinski definition) is 2. The van der Waals surface area contributed by atoms with E-state index in [9.17, 15) is 9.90 Å². The predicted octanol–water partition coefficient (Wildman–Crippen LogP) is 2.50. The summed E-state index contributed by atoms with van der Waals surface area (Å²) >= 11 is 0. The number of rotatable bonds is 2. The maximum atomic E-state index is 11.0. The fourth-order valence-corrected chi connectivity index (χ4v) is 1.91. The van der Waals surface area contributed by atoms with E-state index in [-0.39, 0.29) is 11.3 Å². The van der Waals surface area contributed by atoms with Gasteiger partial charge in [0.15, 0.2) is 0 Å². The molecule has 0 unspecified atom stereocenters. The van der Waals surface area contributed by atoms with Crippen LogP contribution in [0.15, 0.2) is 30.5 Å². The zero-order chi connectivity index (χ0) is 12.6. The molecule has 0 spiro atoms. The number of aromatic carboxylic acids is 1. The van der Waals surface area contributed by atoms with Crippen LogP contribution < -0.4 is 0 Å². The molecule has 0 amide bonds. The number of carboxylic acids is 1. The van der Waals surface area contributed by atoms with Gasteiger partial charge in [-0.1, -0.05) is 0 Å². The molecule has 0 aliphatic carbocycles. The Labute approximate surface area is 98.8 Å². The Morgan fingerprint density at radius 3 is 2.47 bits per heavy atom. The molecule has 0 fully saturated rings. The topological polar surface area (TPSA) is 62.5 Å². The Bertz CT molecular complexity index is 584. The van der Waals surface area contributed by atoms with Crippen LogP contribution in [0.2, 0.25) is 0 Å². The molecule has 1 heterocycles. The maximum Gasteiger partial charge on any atom is 0.337 e. The summed E-state index contributed by atoms with van der Waals surface area (Å²) < 4.78 is 1.80. The highest BCUT2D eigenvalue weighted by Crippen LogP contribution is 2.22. The lowest BCUT2D eigenvalue weighted by Gasteiger charge is -2.10. The average molecular weight is 231 g/mol. The second kappa shape index (κ2) is 3.97. The SMILES string of the molecule is Cc1cc(O)ccc1-n1ccc(C(=O)O)c1C. The van der Waals surface area contributed by atoms with Crippen LogP contribution in [0.25, 0.3) is 5.69 Å². The summed E-state index contributed by atoms with van der Waals surface area (Å²) in [5, 5.41) is 18.3. The van der Waals surface area contributed by atoms with Crippen molar-refractivity contribution in [3.8, 4) is 11.4 Å². The van der Waals surface area contributed by atoms with Crippen molar-refractivity contribution < 1.29 is 15.0 Å². The molecule has 0 bridgehead atoms. The number of carboxylic acid groups (broad SMARTS) is 1. The quantitative estimate of drug-likeness (QED) is 0.834. The van der Waals surface area contributed by atoms with E-state index >= 15 is 0 Å². The van der Waals surface area contributed by atoms with Crippen molar-refractivity contribution in [3.05, 3.63) is 47.3 Å². The van der Waals surface area contributed by atoms with Gasteiger partial charge in [-0.2, -0.15) is 0 Å². The first kappa shape index (κ1) is 11.3. The monoisotopic (exact) mass is 231 g/mol. The molecule has 0 aliphatic rings. The summed E-state index contributed by atoms with van der Waals surface area (Å²) in [6.45, 7) is 3.63. The number of nitrogens with zero attached hydrogens (tertiary/aromatic N) is 1. The van der Waals surface area contributed by atoms with Crippen LogP contribution in [0.3, 0.4) is 0 Å². The van der Waals surface area contributed by atoms with Crippen molar-refractivity contribution in [1.29, 1.82) is 0 Å². The van der Waals surface area contributed by atoms with Crippen LogP contribution in [0.4, 0.5) is 0 Å². The van der Waals surface area contributed by atoms with Gasteiger partial charge < -0.3 is 14.8 Å². The van der Waals surface area contributed by atoms with Crippen LogP contribution in [0.1, 0.15) is 21.6 Å². The molecule has 0 saturated carbocycles. The van der Waals surface area contributed by atoms with Crippen molar-refractivity contribution in [2.45, 2.75) is 13.8 Å². The summed E-state index contributed by atoms with van der Waals surface area (Å²) in [6.07, 6.45) is 1.72. The lowest BCUT2D eigenvalue weighted by molar-refractivity contribution is 0.0696. The van der Waals surface area contributed by atoms with E-state index in [0.29, 0.717) is 5.69 Å². The smallest absolute Gasteiger partial charge is 0.337 e. The molecule has 1 aromatic carbocycles. The molecular formula is C13H13NO3. The molecule has 0 atom stereocenters. The Hall–Kier alpha value is -2.23. The molecule has 1 aromatic heterocycles. The Balaban J connectivity index is 2.57. The Morgan fingerprint density at radius 2 is 1.94 bits per heavy atom. The van der Waals surface area contributed by atoms with Crippen LogP contribution >= 0.6 is 0 Å². The molecule has 2 N–H and O–H groups in total. The highest BCUT2D eigenvalue weighted by atomic mass is 16.4. The molecule has 17 heavy (non-hydrogen) atoms. The lowest BCUT2D eigenvalue weighted by atomic mass is 10.2. The Morgan fingerprint density at radius 1 is 1.24 bits per heavy atom. The van der Waals surface area contributed by atoms with Crippen molar-refractivity contribution in [2.75, 3.05) is 0 Å². The number of aromatic nitrogens is 1. The van der Waals surface area contributed by atoms with Crippen LogP contribution in [0.5, 0.6) is 5.75 Å². The summed E-state index contributed by atoms with van der Waals surface area (Å²) in [6, 6.07) is 6.57. The molecule has 0 aliphatic heterocycles. The minimum absolute atomic E-state index is 0.203. The van der Waals surface area contributed by atoms with Crippen molar-refractivity contribution >= 4 is 5.97 Å². The van der Waals surface area contributed by atoms with Crippen molar-refractivity contribution in [2.24, 2.45) is 0 Å². The van der Waals surface area contributed by atoms with Crippen molar-refractivity contribution in [1.82, 2.24) is 4.57 Å². The summed E-state index contributed by atoms with van der Waals surface area (Å²) in [4.78, 5) is 11.0. The fourth-order valence-electron chi connectivity index (χ4n) is 1.91. The molecule has 0 saturated heterocycles. The summed E-state index contributed by atoms with van der Waals surface area (Å²) in [5.74, 6) is -0.729. The zero-order valence-electron chi connectivity index (χ0n) is 9.64. The first-order chi connectivity index (χ1) is 8.00. The highest BCUT2D eigenvalue weighted by molar-refractivity contribution is 5.89. The maximum absolute atomic E-state index is 11.0. The summed E-state index contributed by atoms with van der Waals surface area (Å²) in [5.41, 5.74) is 2.72. The van der Waals surface area contributed by atoms with Gasteiger partial charge in [0.25, 0.3) is 0 Å². The molecule has 88 valence electrons. The summed E-state index contributed by atoms with van der Waals surface area (Å²) in [7, 11) is 0. The third-order valence-corrected chi connectivity index (χ3v) is 2.81. The molecule has 4 nitrogen and oxygen atoms in total. The van der Waals surface area contributed by atoms with Gasteiger partial charge in [0.05, 0.1) is 5.56 Å². The second-order valence-electron chi connectivity index (χ2n) is 3.96. The highest BCUT2D eigenvalue weighted by Gasteiger charge is 2.13. The molecule has 2 rings (SSSR count). The number of hydrogen-bond acceptors (Lipinski definition) is 2. The minimum atomic E-state index is -0.933. The third-order valence-electron chi connectivity index (χ3n) is 2.81. The van der Waals surface area contributed by atoms with Gasteiger partial charge in [0, 0.05) is 17.6 Å². The number of phenolic OH excluding ortho intramolecular Hbond substituents is 1. The predicted molar refractivity (Wildman–Crippen MR) is 63.9 cm³/mol. The minimum Gasteiger partial charge on any atom is -0.508 e. The van der Waals surface area contributed by atoms with Gasteiger partial charge in [0.1, 0.15) is 5.75 Å². The Kier molecular flexibility index (Phi) is 2.63. The van der Waals surface area contributed by atoms with Gasteiger partial charge in [-0.05, 0) is 43.7 Å². The standard InChI is InChI=1S/C13H13NO3/c1-8-7-10(15)3-4-12(8)14-6-5-11(9(14)2)13(16)17/h3-7,15H,1-2H3,(H,16,17). The number of carbonyl (C=O) groups is 1. The fraction of sp³-hybridized carbons (Fsp3) is 0.154. The van der Waals surface area contributed by atoms with Crippen LogP contribution in [-0.4, -0.2) is 20.7 Å². The first-order valence-corrected chi connectivity index (χ1v) is 5.22. The van der Waals surface area contributed by atoms with E-state index in [1.807, 2.05) is 6.92 Å². The normalized spacial score (nSPS) is 10.5. The van der Waals surface area contributed by atoms with E-state index in [2.05, 4.69) is 0 Å². The van der Waals surface area contributed by atoms with Gasteiger partial charge >= 0.3 is 5.97 Å². The van der Waals surface area contributed by atoms with E-state index < -0.39 is 5.97 Å². The van der Waals surface area contributed by atoms with Crippen LogP contribution in [0, 0.1) is 13.8 Å². The number of benzene rings is 1. The molecule has 4 heteroatoms. The van der Waals surface area contributed by atoms with Gasteiger partial charge in [0.2, 0.25) is 0 Å². The van der Waals surface area contributed by atoms with E-state index in [1.54, 1.807) is 42.0 Å². The number of aryl methyl sites for hydroxylation is 1. The number of aromatic hydroxyl groups is 1. The average Bonchev–Trinajstić information content (AvgIpc) is 2.60. The van der Waals surface area contributed by atoms with E-state index in [0.717, 1.165) is 11.3 Å².